The second kappa shape index (κ2) is 11.7. The molecular formula is C32H25FN2O6. The Morgan fingerprint density at radius 3 is 2.24 bits per heavy atom. The van der Waals surface area contributed by atoms with E-state index in [1.807, 2.05) is 30.3 Å². The number of nitrogens with zero attached hydrogens (tertiary/aromatic N) is 1. The molecule has 1 aromatic heterocycles. The molecule has 0 saturated carbocycles. The molecule has 5 rings (SSSR count). The number of carboxylic acid groups (broad SMARTS) is 1. The van der Waals surface area contributed by atoms with Gasteiger partial charge in [-0.25, -0.2) is 14.0 Å². The van der Waals surface area contributed by atoms with Gasteiger partial charge in [0.1, 0.15) is 28.8 Å². The summed E-state index contributed by atoms with van der Waals surface area (Å²) in [6, 6.07) is 26.9. The van der Waals surface area contributed by atoms with Crippen LogP contribution in [0.4, 0.5) is 14.9 Å². The van der Waals surface area contributed by atoms with Crippen LogP contribution in [0.3, 0.4) is 0 Å². The first-order valence-electron chi connectivity index (χ1n) is 12.7. The molecule has 1 heterocycles. The SMILES string of the molecule is Cc1noc(-c2ccc(-c3ccc(Oc4ccccc4C(=O)O)c(F)c3)cc2)c1NC(=O)O[C@H](C)c1ccccc1. The fourth-order valence-electron chi connectivity index (χ4n) is 4.23. The van der Waals surface area contributed by atoms with Crippen molar-refractivity contribution in [3.8, 4) is 33.9 Å². The highest BCUT2D eigenvalue weighted by atomic mass is 19.1. The molecule has 0 saturated heterocycles. The van der Waals surface area contributed by atoms with E-state index in [2.05, 4.69) is 10.5 Å². The third-order valence-corrected chi connectivity index (χ3v) is 6.39. The second-order valence-electron chi connectivity index (χ2n) is 9.18. The molecule has 0 radical (unpaired) electrons. The standard InChI is InChI=1S/C32H25FN2O6/c1-19-29(34-32(38)39-20(2)21-8-4-3-5-9-21)30(41-35-19)23-14-12-22(13-15-23)24-16-17-28(26(33)18-24)40-27-11-7-6-10-25(27)31(36)37/h3-18,20H,1-2H3,(H,34,38)(H,36,37)/t20-/m1/s1. The molecule has 206 valence electrons. The number of amides is 1. The zero-order valence-corrected chi connectivity index (χ0v) is 22.1. The van der Waals surface area contributed by atoms with Crippen LogP contribution in [0.1, 0.15) is 34.6 Å². The molecule has 1 amide bonds. The summed E-state index contributed by atoms with van der Waals surface area (Å²) in [6.07, 6.45) is -1.10. The summed E-state index contributed by atoms with van der Waals surface area (Å²) in [5, 5.41) is 16.1. The summed E-state index contributed by atoms with van der Waals surface area (Å²) in [4.78, 5) is 24.0. The maximum Gasteiger partial charge on any atom is 0.412 e. The van der Waals surface area contributed by atoms with Gasteiger partial charge in [0.25, 0.3) is 0 Å². The van der Waals surface area contributed by atoms with Crippen molar-refractivity contribution >= 4 is 17.7 Å². The Kier molecular flexibility index (Phi) is 7.78. The number of hydrogen-bond donors (Lipinski definition) is 2. The fourth-order valence-corrected chi connectivity index (χ4v) is 4.23. The van der Waals surface area contributed by atoms with Gasteiger partial charge in [-0.15, -0.1) is 0 Å². The number of aromatic carboxylic acids is 1. The first-order chi connectivity index (χ1) is 19.8. The van der Waals surface area contributed by atoms with Gasteiger partial charge in [0.15, 0.2) is 17.3 Å². The smallest absolute Gasteiger partial charge is 0.412 e. The van der Waals surface area contributed by atoms with Gasteiger partial charge in [-0.3, -0.25) is 5.32 Å². The molecule has 2 N–H and O–H groups in total. The number of benzene rings is 4. The molecule has 9 heteroatoms. The van der Waals surface area contributed by atoms with Crippen molar-refractivity contribution in [1.29, 1.82) is 0 Å². The molecule has 0 unspecified atom stereocenters. The highest BCUT2D eigenvalue weighted by Gasteiger charge is 2.20. The normalized spacial score (nSPS) is 11.5. The largest absolute Gasteiger partial charge is 0.478 e. The molecular weight excluding hydrogens is 527 g/mol. The third kappa shape index (κ3) is 6.09. The third-order valence-electron chi connectivity index (χ3n) is 6.39. The monoisotopic (exact) mass is 552 g/mol. The van der Waals surface area contributed by atoms with Gasteiger partial charge in [0.2, 0.25) is 0 Å². The molecule has 0 bridgehead atoms. The van der Waals surface area contributed by atoms with E-state index in [1.54, 1.807) is 56.3 Å². The summed E-state index contributed by atoms with van der Waals surface area (Å²) < 4.78 is 31.5. The van der Waals surface area contributed by atoms with Crippen LogP contribution in [0.5, 0.6) is 11.5 Å². The van der Waals surface area contributed by atoms with E-state index in [0.717, 1.165) is 5.56 Å². The topological polar surface area (TPSA) is 111 Å². The summed E-state index contributed by atoms with van der Waals surface area (Å²) in [5.74, 6) is -1.52. The van der Waals surface area contributed by atoms with E-state index in [4.69, 9.17) is 14.0 Å². The van der Waals surface area contributed by atoms with E-state index >= 15 is 0 Å². The first-order valence-corrected chi connectivity index (χ1v) is 12.7. The first kappa shape index (κ1) is 27.1. The number of rotatable bonds is 8. The lowest BCUT2D eigenvalue weighted by atomic mass is 10.0. The Balaban J connectivity index is 1.31. The predicted molar refractivity (Wildman–Crippen MR) is 151 cm³/mol. The van der Waals surface area contributed by atoms with Gasteiger partial charge in [-0.05, 0) is 54.8 Å². The lowest BCUT2D eigenvalue weighted by Crippen LogP contribution is -2.16. The molecule has 0 fully saturated rings. The van der Waals surface area contributed by atoms with Crippen molar-refractivity contribution in [2.75, 3.05) is 5.32 Å². The summed E-state index contributed by atoms with van der Waals surface area (Å²) in [5.41, 5.74) is 3.60. The summed E-state index contributed by atoms with van der Waals surface area (Å²) in [6.45, 7) is 3.49. The Morgan fingerprint density at radius 1 is 0.878 bits per heavy atom. The van der Waals surface area contributed by atoms with E-state index in [1.165, 1.54) is 24.3 Å². The zero-order chi connectivity index (χ0) is 28.9. The number of carbonyl (C=O) groups excluding carboxylic acids is 1. The number of halogens is 1. The number of carbonyl (C=O) groups is 2. The molecule has 4 aromatic carbocycles. The van der Waals surface area contributed by atoms with E-state index in [9.17, 15) is 19.1 Å². The predicted octanol–water partition coefficient (Wildman–Crippen LogP) is 8.26. The number of aryl methyl sites for hydroxylation is 1. The Hall–Kier alpha value is -5.44. The average Bonchev–Trinajstić information content (AvgIpc) is 3.34. The van der Waals surface area contributed by atoms with Gasteiger partial charge in [-0.2, -0.15) is 0 Å². The lowest BCUT2D eigenvalue weighted by molar-refractivity contribution is 0.0694. The molecule has 5 aromatic rings. The second-order valence-corrected chi connectivity index (χ2v) is 9.18. The van der Waals surface area contributed by atoms with Crippen LogP contribution in [0.25, 0.3) is 22.5 Å². The quantitative estimate of drug-likeness (QED) is 0.199. The molecule has 41 heavy (non-hydrogen) atoms. The molecule has 1 atom stereocenters. The highest BCUT2D eigenvalue weighted by molar-refractivity contribution is 5.91. The van der Waals surface area contributed by atoms with Crippen LogP contribution < -0.4 is 10.1 Å². The lowest BCUT2D eigenvalue weighted by Gasteiger charge is -2.14. The minimum absolute atomic E-state index is 0.0428. The van der Waals surface area contributed by atoms with Crippen LogP contribution in [0.15, 0.2) is 102 Å². The van der Waals surface area contributed by atoms with E-state index in [0.29, 0.717) is 33.8 Å². The van der Waals surface area contributed by atoms with Gasteiger partial charge in [-0.1, -0.05) is 78.0 Å². The van der Waals surface area contributed by atoms with Crippen molar-refractivity contribution in [2.45, 2.75) is 20.0 Å². The molecule has 0 aliphatic carbocycles. The van der Waals surface area contributed by atoms with Crippen molar-refractivity contribution in [1.82, 2.24) is 5.16 Å². The van der Waals surface area contributed by atoms with Crippen LogP contribution in [0.2, 0.25) is 0 Å². The van der Waals surface area contributed by atoms with Gasteiger partial charge in [0.05, 0.1) is 0 Å². The number of ether oxygens (including phenoxy) is 2. The van der Waals surface area contributed by atoms with Gasteiger partial charge < -0.3 is 19.1 Å². The minimum Gasteiger partial charge on any atom is -0.478 e. The van der Waals surface area contributed by atoms with Crippen LogP contribution in [-0.4, -0.2) is 22.3 Å². The Morgan fingerprint density at radius 2 is 1.54 bits per heavy atom. The highest BCUT2D eigenvalue weighted by Crippen LogP contribution is 2.34. The van der Waals surface area contributed by atoms with E-state index in [-0.39, 0.29) is 17.1 Å². The van der Waals surface area contributed by atoms with Crippen molar-refractivity contribution in [2.24, 2.45) is 0 Å². The maximum absolute atomic E-state index is 14.9. The minimum atomic E-state index is -1.17. The molecule has 0 aliphatic heterocycles. The molecule has 0 spiro atoms. The Labute approximate surface area is 235 Å². The van der Waals surface area contributed by atoms with E-state index < -0.39 is 24.0 Å². The molecule has 0 aliphatic rings. The Bertz CT molecular complexity index is 1700. The zero-order valence-electron chi connectivity index (χ0n) is 22.1. The number of nitrogens with one attached hydrogen (secondary N) is 1. The fraction of sp³-hybridized carbons (Fsp3) is 0.0938. The number of aromatic nitrogens is 1. The van der Waals surface area contributed by atoms with Crippen LogP contribution >= 0.6 is 0 Å². The average molecular weight is 553 g/mol. The van der Waals surface area contributed by atoms with Gasteiger partial charge >= 0.3 is 12.1 Å². The number of carboxylic acids is 1. The van der Waals surface area contributed by atoms with Crippen LogP contribution in [-0.2, 0) is 4.74 Å². The molecule has 8 nitrogen and oxygen atoms in total. The van der Waals surface area contributed by atoms with Gasteiger partial charge in [0, 0.05) is 5.56 Å². The van der Waals surface area contributed by atoms with Crippen molar-refractivity contribution in [3.05, 3.63) is 120 Å². The number of anilines is 1. The van der Waals surface area contributed by atoms with Crippen molar-refractivity contribution < 1.29 is 33.1 Å². The summed E-state index contributed by atoms with van der Waals surface area (Å²) in [7, 11) is 0. The van der Waals surface area contributed by atoms with Crippen LogP contribution in [0, 0.1) is 12.7 Å². The number of para-hydroxylation sites is 1. The summed E-state index contributed by atoms with van der Waals surface area (Å²) >= 11 is 0. The van der Waals surface area contributed by atoms with Crippen molar-refractivity contribution in [3.63, 3.8) is 0 Å². The maximum atomic E-state index is 14.9. The number of hydrogen-bond acceptors (Lipinski definition) is 6.